The van der Waals surface area contributed by atoms with Gasteiger partial charge in [-0.25, -0.2) is 4.79 Å². The first-order chi connectivity index (χ1) is 11.2. The van der Waals surface area contributed by atoms with Crippen LogP contribution in [0.3, 0.4) is 0 Å². The number of carbonyl (C=O) groups excluding carboxylic acids is 1. The summed E-state index contributed by atoms with van der Waals surface area (Å²) in [6, 6.07) is 8.09. The Hall–Kier alpha value is -1.30. The van der Waals surface area contributed by atoms with E-state index in [2.05, 4.69) is 16.3 Å². The van der Waals surface area contributed by atoms with E-state index in [-0.39, 0.29) is 12.1 Å². The fourth-order valence-corrected chi connectivity index (χ4v) is 3.48. The molecule has 0 spiro atoms. The lowest BCUT2D eigenvalue weighted by Gasteiger charge is -2.35. The van der Waals surface area contributed by atoms with E-state index in [9.17, 15) is 4.79 Å². The van der Waals surface area contributed by atoms with Crippen LogP contribution in [-0.2, 0) is 4.74 Å². The number of amides is 2. The summed E-state index contributed by atoms with van der Waals surface area (Å²) in [6.45, 7) is 5.54. The minimum atomic E-state index is 0.0442. The van der Waals surface area contributed by atoms with Gasteiger partial charge in [0.15, 0.2) is 0 Å². The molecule has 3 rings (SSSR count). The Bertz CT molecular complexity index is 528. The fourth-order valence-electron chi connectivity index (χ4n) is 3.28. The predicted molar refractivity (Wildman–Crippen MR) is 90.8 cm³/mol. The second kappa shape index (κ2) is 7.99. The average Bonchev–Trinajstić information content (AvgIpc) is 3.10. The molecule has 0 saturated carbocycles. The van der Waals surface area contributed by atoms with Gasteiger partial charge in [0.05, 0.1) is 19.3 Å². The van der Waals surface area contributed by atoms with Crippen LogP contribution in [0, 0.1) is 0 Å². The number of hydrogen-bond acceptors (Lipinski definition) is 3. The van der Waals surface area contributed by atoms with E-state index in [1.807, 2.05) is 23.1 Å². The molecule has 0 bridgehead atoms. The molecule has 1 atom stereocenters. The van der Waals surface area contributed by atoms with Crippen molar-refractivity contribution in [1.82, 2.24) is 15.1 Å². The Balaban J connectivity index is 1.68. The molecule has 6 heteroatoms. The van der Waals surface area contributed by atoms with E-state index in [1.54, 1.807) is 0 Å². The number of likely N-dealkylation sites (tertiary alicyclic amines) is 1. The maximum absolute atomic E-state index is 12.3. The first kappa shape index (κ1) is 16.6. The molecule has 5 nitrogen and oxygen atoms in total. The lowest BCUT2D eigenvalue weighted by molar-refractivity contribution is 0.0165. The highest BCUT2D eigenvalue weighted by molar-refractivity contribution is 6.30. The van der Waals surface area contributed by atoms with E-state index >= 15 is 0 Å². The van der Waals surface area contributed by atoms with Gasteiger partial charge in [-0.1, -0.05) is 23.7 Å². The predicted octanol–water partition coefficient (Wildman–Crippen LogP) is 2.52. The Morgan fingerprint density at radius 2 is 1.96 bits per heavy atom. The molecule has 23 heavy (non-hydrogen) atoms. The summed E-state index contributed by atoms with van der Waals surface area (Å²) in [7, 11) is 0. The number of benzene rings is 1. The summed E-state index contributed by atoms with van der Waals surface area (Å²) in [5.74, 6) is 0. The first-order valence-electron chi connectivity index (χ1n) is 8.34. The van der Waals surface area contributed by atoms with Gasteiger partial charge in [-0.2, -0.15) is 0 Å². The van der Waals surface area contributed by atoms with Crippen molar-refractivity contribution in [3.8, 4) is 0 Å². The van der Waals surface area contributed by atoms with Crippen molar-refractivity contribution in [2.75, 3.05) is 45.9 Å². The van der Waals surface area contributed by atoms with Crippen LogP contribution in [0.1, 0.15) is 24.4 Å². The number of nitrogens with one attached hydrogen (secondary N) is 1. The van der Waals surface area contributed by atoms with Gasteiger partial charge in [0.25, 0.3) is 0 Å². The van der Waals surface area contributed by atoms with Gasteiger partial charge in [0.1, 0.15) is 0 Å². The SMILES string of the molecule is O=C(NC[C@@H](c1cccc(Cl)c1)N1CCOCC1)N1CCCC1. The zero-order valence-corrected chi connectivity index (χ0v) is 14.1. The Kier molecular flexibility index (Phi) is 5.75. The molecule has 2 aliphatic rings. The number of urea groups is 1. The van der Waals surface area contributed by atoms with Crippen LogP contribution in [0.2, 0.25) is 5.02 Å². The van der Waals surface area contributed by atoms with Crippen LogP contribution in [0.4, 0.5) is 4.79 Å². The molecule has 0 aromatic heterocycles. The highest BCUT2D eigenvalue weighted by Crippen LogP contribution is 2.24. The van der Waals surface area contributed by atoms with E-state index in [1.165, 1.54) is 0 Å². The second-order valence-electron chi connectivity index (χ2n) is 6.10. The van der Waals surface area contributed by atoms with Gasteiger partial charge in [0.2, 0.25) is 0 Å². The molecule has 2 aliphatic heterocycles. The molecular formula is C17H24ClN3O2. The van der Waals surface area contributed by atoms with Crippen molar-refractivity contribution in [3.63, 3.8) is 0 Å². The Labute approximate surface area is 142 Å². The van der Waals surface area contributed by atoms with Crippen molar-refractivity contribution >= 4 is 17.6 Å². The quantitative estimate of drug-likeness (QED) is 0.918. The zero-order chi connectivity index (χ0) is 16.1. The summed E-state index contributed by atoms with van der Waals surface area (Å²) < 4.78 is 5.45. The second-order valence-corrected chi connectivity index (χ2v) is 6.54. The summed E-state index contributed by atoms with van der Waals surface area (Å²) in [5, 5.41) is 3.83. The summed E-state index contributed by atoms with van der Waals surface area (Å²) in [5.41, 5.74) is 1.14. The lowest BCUT2D eigenvalue weighted by atomic mass is 10.0. The highest BCUT2D eigenvalue weighted by Gasteiger charge is 2.25. The largest absolute Gasteiger partial charge is 0.379 e. The highest BCUT2D eigenvalue weighted by atomic mass is 35.5. The van der Waals surface area contributed by atoms with Crippen molar-refractivity contribution < 1.29 is 9.53 Å². The molecule has 1 aromatic carbocycles. The molecule has 0 radical (unpaired) electrons. The van der Waals surface area contributed by atoms with Crippen molar-refractivity contribution in [2.24, 2.45) is 0 Å². The van der Waals surface area contributed by atoms with Crippen molar-refractivity contribution in [3.05, 3.63) is 34.9 Å². The zero-order valence-electron chi connectivity index (χ0n) is 13.3. The van der Waals surface area contributed by atoms with Gasteiger partial charge in [-0.3, -0.25) is 4.90 Å². The van der Waals surface area contributed by atoms with Gasteiger partial charge in [0, 0.05) is 37.7 Å². The normalized spacial score (nSPS) is 20.5. The average molecular weight is 338 g/mol. The standard InChI is InChI=1S/C17H24ClN3O2/c18-15-5-3-4-14(12-15)16(20-8-10-23-11-9-20)13-19-17(22)21-6-1-2-7-21/h3-5,12,16H,1-2,6-11,13H2,(H,19,22)/t16-/m0/s1. The van der Waals surface area contributed by atoms with Crippen molar-refractivity contribution in [1.29, 1.82) is 0 Å². The van der Waals surface area contributed by atoms with E-state index in [0.717, 1.165) is 62.8 Å². The maximum atomic E-state index is 12.3. The monoisotopic (exact) mass is 337 g/mol. The Morgan fingerprint density at radius 3 is 2.65 bits per heavy atom. The van der Waals surface area contributed by atoms with E-state index in [4.69, 9.17) is 16.3 Å². The summed E-state index contributed by atoms with van der Waals surface area (Å²) in [4.78, 5) is 16.5. The molecule has 2 heterocycles. The third-order valence-corrected chi connectivity index (χ3v) is 4.79. The molecule has 1 aromatic rings. The molecule has 1 N–H and O–H groups in total. The van der Waals surface area contributed by atoms with Crippen LogP contribution >= 0.6 is 11.6 Å². The summed E-state index contributed by atoms with van der Waals surface area (Å²) in [6.07, 6.45) is 2.21. The minimum absolute atomic E-state index is 0.0442. The maximum Gasteiger partial charge on any atom is 0.317 e. The van der Waals surface area contributed by atoms with Gasteiger partial charge in [-0.15, -0.1) is 0 Å². The number of halogens is 1. The smallest absolute Gasteiger partial charge is 0.317 e. The van der Waals surface area contributed by atoms with Gasteiger partial charge in [-0.05, 0) is 30.5 Å². The van der Waals surface area contributed by atoms with Crippen LogP contribution < -0.4 is 5.32 Å². The van der Waals surface area contributed by atoms with Crippen molar-refractivity contribution in [2.45, 2.75) is 18.9 Å². The number of carbonyl (C=O) groups is 1. The van der Waals surface area contributed by atoms with E-state index in [0.29, 0.717) is 6.54 Å². The first-order valence-corrected chi connectivity index (χ1v) is 8.72. The number of nitrogens with zero attached hydrogens (tertiary/aromatic N) is 2. The molecule has 2 saturated heterocycles. The topological polar surface area (TPSA) is 44.8 Å². The summed E-state index contributed by atoms with van der Waals surface area (Å²) >= 11 is 6.16. The van der Waals surface area contributed by atoms with Crippen LogP contribution in [0.5, 0.6) is 0 Å². The third-order valence-electron chi connectivity index (χ3n) is 4.56. The van der Waals surface area contributed by atoms with E-state index < -0.39 is 0 Å². The third kappa shape index (κ3) is 4.37. The van der Waals surface area contributed by atoms with Crippen LogP contribution in [0.25, 0.3) is 0 Å². The number of hydrogen-bond donors (Lipinski definition) is 1. The molecule has 2 fully saturated rings. The fraction of sp³-hybridized carbons (Fsp3) is 0.588. The lowest BCUT2D eigenvalue weighted by Crippen LogP contribution is -2.46. The van der Waals surface area contributed by atoms with Crippen LogP contribution in [0.15, 0.2) is 24.3 Å². The number of rotatable bonds is 4. The molecule has 0 unspecified atom stereocenters. The van der Waals surface area contributed by atoms with Gasteiger partial charge < -0.3 is 15.0 Å². The number of morpholine rings is 1. The number of ether oxygens (including phenoxy) is 1. The molecule has 0 aliphatic carbocycles. The van der Waals surface area contributed by atoms with Crippen LogP contribution in [-0.4, -0.2) is 61.8 Å². The Morgan fingerprint density at radius 1 is 1.22 bits per heavy atom. The minimum Gasteiger partial charge on any atom is -0.379 e. The van der Waals surface area contributed by atoms with Gasteiger partial charge >= 0.3 is 6.03 Å². The molecular weight excluding hydrogens is 314 g/mol. The molecule has 2 amide bonds. The molecule has 126 valence electrons.